The summed E-state index contributed by atoms with van der Waals surface area (Å²) in [4.78, 5) is 16.8. The second-order valence-electron chi connectivity index (χ2n) is 6.68. The lowest BCUT2D eigenvalue weighted by atomic mass is 9.98. The van der Waals surface area contributed by atoms with Gasteiger partial charge in [-0.15, -0.1) is 0 Å². The van der Waals surface area contributed by atoms with Crippen LogP contribution in [0.2, 0.25) is 0 Å². The molecule has 2 N–H and O–H groups in total. The predicted molar refractivity (Wildman–Crippen MR) is 95.6 cm³/mol. The Morgan fingerprint density at radius 3 is 3.00 bits per heavy atom. The highest BCUT2D eigenvalue weighted by Gasteiger charge is 2.22. The van der Waals surface area contributed by atoms with E-state index < -0.39 is 0 Å². The molecule has 1 fully saturated rings. The molecule has 132 valence electrons. The van der Waals surface area contributed by atoms with Crippen molar-refractivity contribution >= 4 is 5.52 Å². The molecule has 0 unspecified atom stereocenters. The maximum absolute atomic E-state index is 5.50. The molecule has 8 heteroatoms. The molecule has 5 heterocycles. The van der Waals surface area contributed by atoms with Gasteiger partial charge in [-0.05, 0) is 45.0 Å². The number of pyridine rings is 1. The molecule has 1 saturated heterocycles. The summed E-state index contributed by atoms with van der Waals surface area (Å²) in [7, 11) is 0. The second-order valence-corrected chi connectivity index (χ2v) is 6.68. The zero-order valence-electron chi connectivity index (χ0n) is 14.4. The number of piperidine rings is 1. The molecule has 1 aliphatic rings. The fourth-order valence-corrected chi connectivity index (χ4v) is 3.48. The number of imidazole rings is 2. The summed E-state index contributed by atoms with van der Waals surface area (Å²) in [5.74, 6) is 2.46. The highest BCUT2D eigenvalue weighted by molar-refractivity contribution is 5.64. The SMILES string of the molecule is Cc1[nH]c(C2CCNCC2)nc1-c1nc(-c2ccn3cncc3c2)no1. The van der Waals surface area contributed by atoms with Crippen molar-refractivity contribution in [2.24, 2.45) is 0 Å². The molecule has 8 nitrogen and oxygen atoms in total. The van der Waals surface area contributed by atoms with E-state index >= 15 is 0 Å². The van der Waals surface area contributed by atoms with Crippen LogP contribution in [0.3, 0.4) is 0 Å². The Bertz CT molecular complexity index is 1050. The van der Waals surface area contributed by atoms with E-state index in [9.17, 15) is 0 Å². The van der Waals surface area contributed by atoms with Crippen molar-refractivity contribution in [3.05, 3.63) is 42.4 Å². The monoisotopic (exact) mass is 349 g/mol. The van der Waals surface area contributed by atoms with Gasteiger partial charge in [0, 0.05) is 23.4 Å². The van der Waals surface area contributed by atoms with Gasteiger partial charge in [-0.3, -0.25) is 0 Å². The molecule has 0 radical (unpaired) electrons. The van der Waals surface area contributed by atoms with E-state index in [0.717, 1.165) is 54.2 Å². The van der Waals surface area contributed by atoms with Gasteiger partial charge in [-0.1, -0.05) is 5.16 Å². The number of nitrogens with zero attached hydrogens (tertiary/aromatic N) is 5. The molecule has 5 rings (SSSR count). The number of rotatable bonds is 3. The summed E-state index contributed by atoms with van der Waals surface area (Å²) in [5, 5.41) is 7.52. The van der Waals surface area contributed by atoms with Crippen molar-refractivity contribution in [2.75, 3.05) is 13.1 Å². The summed E-state index contributed by atoms with van der Waals surface area (Å²) < 4.78 is 7.44. The van der Waals surface area contributed by atoms with Gasteiger partial charge >= 0.3 is 0 Å². The van der Waals surface area contributed by atoms with Crippen molar-refractivity contribution in [3.8, 4) is 23.0 Å². The molecule has 0 bridgehead atoms. The van der Waals surface area contributed by atoms with E-state index in [0.29, 0.717) is 17.6 Å². The molecule has 26 heavy (non-hydrogen) atoms. The molecule has 0 saturated carbocycles. The van der Waals surface area contributed by atoms with E-state index in [1.807, 2.05) is 29.7 Å². The Morgan fingerprint density at radius 1 is 1.23 bits per heavy atom. The van der Waals surface area contributed by atoms with Gasteiger partial charge in [0.15, 0.2) is 0 Å². The van der Waals surface area contributed by atoms with Crippen LogP contribution >= 0.6 is 0 Å². The van der Waals surface area contributed by atoms with E-state index in [1.54, 1.807) is 12.5 Å². The first kappa shape index (κ1) is 15.3. The maximum Gasteiger partial charge on any atom is 0.278 e. The number of aromatic nitrogens is 6. The van der Waals surface area contributed by atoms with Crippen molar-refractivity contribution in [1.82, 2.24) is 34.8 Å². The quantitative estimate of drug-likeness (QED) is 0.590. The predicted octanol–water partition coefficient (Wildman–Crippen LogP) is 2.55. The van der Waals surface area contributed by atoms with Gasteiger partial charge in [-0.25, -0.2) is 9.97 Å². The van der Waals surface area contributed by atoms with Crippen molar-refractivity contribution in [3.63, 3.8) is 0 Å². The Labute approximate surface area is 149 Å². The minimum absolute atomic E-state index is 0.447. The third kappa shape index (κ3) is 2.59. The van der Waals surface area contributed by atoms with Gasteiger partial charge in [0.25, 0.3) is 5.89 Å². The van der Waals surface area contributed by atoms with Crippen LogP contribution in [0.25, 0.3) is 28.5 Å². The highest BCUT2D eigenvalue weighted by atomic mass is 16.5. The zero-order valence-corrected chi connectivity index (χ0v) is 14.4. The van der Waals surface area contributed by atoms with Crippen molar-refractivity contribution < 1.29 is 4.52 Å². The third-order valence-electron chi connectivity index (χ3n) is 4.93. The van der Waals surface area contributed by atoms with Crippen LogP contribution in [-0.2, 0) is 0 Å². The number of aromatic amines is 1. The number of nitrogens with one attached hydrogen (secondary N) is 2. The Balaban J connectivity index is 1.47. The molecule has 0 spiro atoms. The van der Waals surface area contributed by atoms with E-state index in [2.05, 4.69) is 25.4 Å². The lowest BCUT2D eigenvalue weighted by molar-refractivity contribution is 0.430. The van der Waals surface area contributed by atoms with Crippen LogP contribution in [0.1, 0.15) is 30.3 Å². The lowest BCUT2D eigenvalue weighted by Crippen LogP contribution is -2.27. The molecule has 4 aromatic heterocycles. The van der Waals surface area contributed by atoms with Crippen LogP contribution in [0, 0.1) is 6.92 Å². The van der Waals surface area contributed by atoms with Gasteiger partial charge < -0.3 is 19.2 Å². The van der Waals surface area contributed by atoms with Gasteiger partial charge in [0.2, 0.25) is 5.82 Å². The van der Waals surface area contributed by atoms with Crippen LogP contribution < -0.4 is 5.32 Å². The molecule has 4 aromatic rings. The Kier molecular flexibility index (Phi) is 3.56. The highest BCUT2D eigenvalue weighted by Crippen LogP contribution is 2.28. The van der Waals surface area contributed by atoms with E-state index in [4.69, 9.17) is 9.51 Å². The molecule has 0 amide bonds. The fraction of sp³-hybridized carbons (Fsp3) is 0.333. The van der Waals surface area contributed by atoms with Gasteiger partial charge in [-0.2, -0.15) is 4.98 Å². The first-order chi connectivity index (χ1) is 12.8. The van der Waals surface area contributed by atoms with E-state index in [-0.39, 0.29) is 0 Å². The smallest absolute Gasteiger partial charge is 0.278 e. The standard InChI is InChI=1S/C18H19N7O/c1-11-15(22-16(21-11)12-2-5-19-6-3-12)18-23-17(24-26-18)13-4-7-25-10-20-9-14(25)8-13/h4,7-10,12,19H,2-3,5-6H2,1H3,(H,21,22). The summed E-state index contributed by atoms with van der Waals surface area (Å²) >= 11 is 0. The fourth-order valence-electron chi connectivity index (χ4n) is 3.48. The molecule has 0 atom stereocenters. The molecule has 0 aromatic carbocycles. The number of H-pyrrole nitrogens is 1. The molecule has 0 aliphatic carbocycles. The minimum atomic E-state index is 0.447. The first-order valence-corrected chi connectivity index (χ1v) is 8.81. The molecular weight excluding hydrogens is 330 g/mol. The lowest BCUT2D eigenvalue weighted by Gasteiger charge is -2.20. The molecular formula is C18H19N7O. The number of aryl methyl sites for hydroxylation is 1. The largest absolute Gasteiger partial charge is 0.345 e. The summed E-state index contributed by atoms with van der Waals surface area (Å²) in [6.07, 6.45) is 7.67. The van der Waals surface area contributed by atoms with E-state index in [1.165, 1.54) is 0 Å². The number of fused-ring (bicyclic) bond motifs is 1. The van der Waals surface area contributed by atoms with Gasteiger partial charge in [0.05, 0.1) is 18.0 Å². The Morgan fingerprint density at radius 2 is 2.12 bits per heavy atom. The van der Waals surface area contributed by atoms with Gasteiger partial charge in [0.1, 0.15) is 11.5 Å². The average Bonchev–Trinajstić information content (AvgIpc) is 3.40. The normalized spacial score (nSPS) is 15.7. The van der Waals surface area contributed by atoms with Crippen LogP contribution in [0.15, 0.2) is 35.4 Å². The first-order valence-electron chi connectivity index (χ1n) is 8.81. The van der Waals surface area contributed by atoms with Crippen LogP contribution in [0.4, 0.5) is 0 Å². The summed E-state index contributed by atoms with van der Waals surface area (Å²) in [6, 6.07) is 3.93. The molecule has 1 aliphatic heterocycles. The zero-order chi connectivity index (χ0) is 17.5. The summed E-state index contributed by atoms with van der Waals surface area (Å²) in [5.41, 5.74) is 3.57. The van der Waals surface area contributed by atoms with Crippen LogP contribution in [0.5, 0.6) is 0 Å². The number of hydrogen-bond donors (Lipinski definition) is 2. The third-order valence-corrected chi connectivity index (χ3v) is 4.93. The summed E-state index contributed by atoms with van der Waals surface area (Å²) in [6.45, 7) is 4.05. The second kappa shape index (κ2) is 6.06. The van der Waals surface area contributed by atoms with Crippen molar-refractivity contribution in [1.29, 1.82) is 0 Å². The topological polar surface area (TPSA) is 96.9 Å². The number of hydrogen-bond acceptors (Lipinski definition) is 6. The van der Waals surface area contributed by atoms with Crippen LogP contribution in [-0.4, -0.2) is 42.6 Å². The minimum Gasteiger partial charge on any atom is -0.345 e. The maximum atomic E-state index is 5.50. The van der Waals surface area contributed by atoms with Crippen molar-refractivity contribution in [2.45, 2.75) is 25.7 Å². The Hall–Kier alpha value is -3.00. The average molecular weight is 349 g/mol.